The van der Waals surface area contributed by atoms with Gasteiger partial charge in [-0.2, -0.15) is 5.10 Å². The first-order valence-electron chi connectivity index (χ1n) is 9.14. The Bertz CT molecular complexity index is 930. The van der Waals surface area contributed by atoms with Crippen LogP contribution in [0.25, 0.3) is 5.82 Å². The summed E-state index contributed by atoms with van der Waals surface area (Å²) in [6, 6.07) is 10.2. The van der Waals surface area contributed by atoms with Gasteiger partial charge in [0.15, 0.2) is 5.82 Å². The van der Waals surface area contributed by atoms with Crippen molar-refractivity contribution < 1.29 is 4.74 Å². The zero-order valence-electron chi connectivity index (χ0n) is 16.0. The maximum atomic E-state index is 5.50. The van der Waals surface area contributed by atoms with E-state index in [1.807, 2.05) is 49.0 Å². The van der Waals surface area contributed by atoms with Crippen molar-refractivity contribution in [2.75, 3.05) is 43.1 Å². The van der Waals surface area contributed by atoms with E-state index in [4.69, 9.17) is 9.72 Å². The number of hydrogen-bond donors (Lipinski definition) is 0. The summed E-state index contributed by atoms with van der Waals surface area (Å²) in [6.45, 7) is 7.59. The maximum absolute atomic E-state index is 5.50. The summed E-state index contributed by atoms with van der Waals surface area (Å²) in [5, 5.41) is 4.51. The fourth-order valence-electron chi connectivity index (χ4n) is 3.53. The van der Waals surface area contributed by atoms with Gasteiger partial charge in [-0.3, -0.25) is 4.98 Å². The first-order valence-corrected chi connectivity index (χ1v) is 9.14. The summed E-state index contributed by atoms with van der Waals surface area (Å²) >= 11 is 0. The highest BCUT2D eigenvalue weighted by Crippen LogP contribution is 2.29. The van der Waals surface area contributed by atoms with Crippen molar-refractivity contribution in [1.29, 1.82) is 0 Å². The molecule has 1 saturated heterocycles. The van der Waals surface area contributed by atoms with Crippen LogP contribution in [-0.4, -0.2) is 53.0 Å². The molecule has 0 unspecified atom stereocenters. The molecule has 27 heavy (non-hydrogen) atoms. The first-order chi connectivity index (χ1) is 13.2. The average molecular weight is 364 g/mol. The van der Waals surface area contributed by atoms with Crippen LogP contribution < -0.4 is 14.5 Å². The Balaban J connectivity index is 1.50. The van der Waals surface area contributed by atoms with Crippen molar-refractivity contribution in [2.45, 2.75) is 13.8 Å². The van der Waals surface area contributed by atoms with Crippen molar-refractivity contribution in [3.63, 3.8) is 0 Å². The van der Waals surface area contributed by atoms with Crippen LogP contribution in [0.1, 0.15) is 11.4 Å². The van der Waals surface area contributed by atoms with E-state index in [2.05, 4.69) is 25.9 Å². The number of methoxy groups -OCH3 is 1. The molecule has 1 aliphatic rings. The lowest BCUT2D eigenvalue weighted by Gasteiger charge is -2.37. The molecule has 1 aromatic carbocycles. The lowest BCUT2D eigenvalue weighted by molar-refractivity contribution is 0.413. The van der Waals surface area contributed by atoms with Crippen LogP contribution in [0.4, 0.5) is 11.5 Å². The molecule has 0 aliphatic carbocycles. The van der Waals surface area contributed by atoms with E-state index in [1.54, 1.807) is 13.3 Å². The maximum Gasteiger partial charge on any atom is 0.174 e. The number of aryl methyl sites for hydroxylation is 2. The van der Waals surface area contributed by atoms with Crippen molar-refractivity contribution in [2.24, 2.45) is 0 Å². The molecule has 3 heterocycles. The first kappa shape index (κ1) is 17.3. The summed E-state index contributed by atoms with van der Waals surface area (Å²) in [5.74, 6) is 2.56. The summed E-state index contributed by atoms with van der Waals surface area (Å²) in [6.07, 6.45) is 3.59. The van der Waals surface area contributed by atoms with Gasteiger partial charge in [0.2, 0.25) is 0 Å². The van der Waals surface area contributed by atoms with Crippen molar-refractivity contribution in [1.82, 2.24) is 19.7 Å². The summed E-state index contributed by atoms with van der Waals surface area (Å²) < 4.78 is 7.34. The van der Waals surface area contributed by atoms with Crippen LogP contribution in [-0.2, 0) is 0 Å². The zero-order chi connectivity index (χ0) is 18.8. The quantitative estimate of drug-likeness (QED) is 0.709. The van der Waals surface area contributed by atoms with E-state index in [9.17, 15) is 0 Å². The lowest BCUT2D eigenvalue weighted by atomic mass is 10.2. The van der Waals surface area contributed by atoms with Gasteiger partial charge < -0.3 is 14.5 Å². The highest BCUT2D eigenvalue weighted by atomic mass is 16.5. The van der Waals surface area contributed by atoms with Gasteiger partial charge >= 0.3 is 0 Å². The molecular weight excluding hydrogens is 340 g/mol. The number of nitrogens with zero attached hydrogens (tertiary/aromatic N) is 6. The molecule has 140 valence electrons. The largest absolute Gasteiger partial charge is 0.495 e. The average Bonchev–Trinajstić information content (AvgIpc) is 3.06. The summed E-state index contributed by atoms with van der Waals surface area (Å²) in [4.78, 5) is 13.8. The van der Waals surface area contributed by atoms with Crippen molar-refractivity contribution in [3.05, 3.63) is 54.1 Å². The van der Waals surface area contributed by atoms with Crippen LogP contribution in [0.2, 0.25) is 0 Å². The molecular formula is C20H24N6O. The zero-order valence-corrected chi connectivity index (χ0v) is 16.0. The van der Waals surface area contributed by atoms with E-state index >= 15 is 0 Å². The molecule has 0 N–H and O–H groups in total. The smallest absolute Gasteiger partial charge is 0.174 e. The lowest BCUT2D eigenvalue weighted by Crippen LogP contribution is -2.47. The molecule has 0 atom stereocenters. The number of hydrogen-bond acceptors (Lipinski definition) is 6. The minimum absolute atomic E-state index is 0.755. The standard InChI is InChI=1S/C20H24N6O/c1-15-12-16(2)26(23-15)20-14-21-13-19(22-20)25-10-8-24(9-11-25)17-6-4-5-7-18(17)27-3/h4-7,12-14H,8-11H2,1-3H3. The van der Waals surface area contributed by atoms with Gasteiger partial charge in [0, 0.05) is 31.9 Å². The van der Waals surface area contributed by atoms with Gasteiger partial charge in [-0.05, 0) is 32.0 Å². The number of piperazine rings is 1. The normalized spacial score (nSPS) is 14.5. The van der Waals surface area contributed by atoms with Crippen molar-refractivity contribution >= 4 is 11.5 Å². The summed E-state index contributed by atoms with van der Waals surface area (Å²) in [5.41, 5.74) is 3.17. The second-order valence-corrected chi connectivity index (χ2v) is 6.72. The van der Waals surface area contributed by atoms with E-state index in [1.165, 1.54) is 0 Å². The molecule has 7 nitrogen and oxygen atoms in total. The third-order valence-electron chi connectivity index (χ3n) is 4.87. The monoisotopic (exact) mass is 364 g/mol. The molecule has 1 fully saturated rings. The Hall–Kier alpha value is -3.09. The van der Waals surface area contributed by atoms with Crippen LogP contribution >= 0.6 is 0 Å². The molecule has 0 saturated carbocycles. The minimum Gasteiger partial charge on any atom is -0.495 e. The van der Waals surface area contributed by atoms with Gasteiger partial charge in [-0.1, -0.05) is 12.1 Å². The number of rotatable bonds is 4. The van der Waals surface area contributed by atoms with Crippen LogP contribution in [0.15, 0.2) is 42.7 Å². The minimum atomic E-state index is 0.755. The fourth-order valence-corrected chi connectivity index (χ4v) is 3.53. The number of aromatic nitrogens is 4. The Morgan fingerprint density at radius 2 is 1.63 bits per heavy atom. The van der Waals surface area contributed by atoms with Gasteiger partial charge in [0.25, 0.3) is 0 Å². The highest BCUT2D eigenvalue weighted by Gasteiger charge is 2.21. The third-order valence-corrected chi connectivity index (χ3v) is 4.87. The van der Waals surface area contributed by atoms with E-state index < -0.39 is 0 Å². The Labute approximate surface area is 159 Å². The Morgan fingerprint density at radius 1 is 0.926 bits per heavy atom. The van der Waals surface area contributed by atoms with Gasteiger partial charge in [0.05, 0.1) is 30.9 Å². The van der Waals surface area contributed by atoms with Crippen LogP contribution in [0, 0.1) is 13.8 Å². The predicted octanol–water partition coefficient (Wildman–Crippen LogP) is 2.61. The molecule has 0 bridgehead atoms. The van der Waals surface area contributed by atoms with Crippen LogP contribution in [0.5, 0.6) is 5.75 Å². The number of para-hydroxylation sites is 2. The molecule has 7 heteroatoms. The van der Waals surface area contributed by atoms with Gasteiger partial charge in [-0.25, -0.2) is 9.67 Å². The second kappa shape index (κ2) is 7.26. The molecule has 3 aromatic rings. The van der Waals surface area contributed by atoms with Crippen molar-refractivity contribution in [3.8, 4) is 11.6 Å². The molecule has 1 aliphatic heterocycles. The second-order valence-electron chi connectivity index (χ2n) is 6.72. The topological polar surface area (TPSA) is 59.3 Å². The van der Waals surface area contributed by atoms with Crippen LogP contribution in [0.3, 0.4) is 0 Å². The van der Waals surface area contributed by atoms with E-state index in [0.717, 1.165) is 60.6 Å². The fraction of sp³-hybridized carbons (Fsp3) is 0.350. The Kier molecular flexibility index (Phi) is 4.66. The molecule has 0 radical (unpaired) electrons. The van der Waals surface area contributed by atoms with Gasteiger partial charge in [-0.15, -0.1) is 0 Å². The van der Waals surface area contributed by atoms with E-state index in [0.29, 0.717) is 0 Å². The number of benzene rings is 1. The van der Waals surface area contributed by atoms with Gasteiger partial charge in [0.1, 0.15) is 11.6 Å². The summed E-state index contributed by atoms with van der Waals surface area (Å²) in [7, 11) is 1.72. The van der Waals surface area contributed by atoms with E-state index in [-0.39, 0.29) is 0 Å². The molecule has 2 aromatic heterocycles. The molecule has 0 spiro atoms. The highest BCUT2D eigenvalue weighted by molar-refractivity contribution is 5.59. The predicted molar refractivity (Wildman–Crippen MR) is 106 cm³/mol. The Morgan fingerprint density at radius 3 is 2.33 bits per heavy atom. The molecule has 4 rings (SSSR count). The SMILES string of the molecule is COc1ccccc1N1CCN(c2cncc(-n3nc(C)cc3C)n2)CC1. The third kappa shape index (κ3) is 3.45. The number of anilines is 2. The molecule has 0 amide bonds. The number of ether oxygens (including phenoxy) is 1.